The molecule has 34 heavy (non-hydrogen) atoms. The smallest absolute Gasteiger partial charge is 0.335 e. The Labute approximate surface area is 199 Å². The Hall–Kier alpha value is -4.17. The molecule has 0 radical (unpaired) electrons. The maximum atomic E-state index is 13.9. The summed E-state index contributed by atoms with van der Waals surface area (Å²) < 4.78 is 24.9. The first-order valence-corrected chi connectivity index (χ1v) is 10.5. The van der Waals surface area contributed by atoms with Gasteiger partial charge >= 0.3 is 6.03 Å². The molecule has 4 rings (SSSR count). The maximum Gasteiger partial charge on any atom is 0.335 e. The molecule has 0 saturated carbocycles. The van der Waals surface area contributed by atoms with Gasteiger partial charge in [-0.3, -0.25) is 14.9 Å². The van der Waals surface area contributed by atoms with Crippen LogP contribution in [-0.4, -0.2) is 25.0 Å². The van der Waals surface area contributed by atoms with Crippen LogP contribution in [0.25, 0.3) is 6.08 Å². The number of rotatable bonds is 6. The number of urea groups is 1. The van der Waals surface area contributed by atoms with Crippen LogP contribution in [0.5, 0.6) is 11.5 Å². The van der Waals surface area contributed by atoms with Crippen LogP contribution in [-0.2, 0) is 16.2 Å². The minimum absolute atomic E-state index is 0.0851. The van der Waals surface area contributed by atoms with Crippen LogP contribution in [0, 0.1) is 5.82 Å². The molecule has 0 bridgehead atoms. The number of carbonyl (C=O) groups is 3. The van der Waals surface area contributed by atoms with Crippen molar-refractivity contribution in [3.8, 4) is 11.5 Å². The van der Waals surface area contributed by atoms with E-state index in [1.807, 2.05) is 0 Å². The van der Waals surface area contributed by atoms with Gasteiger partial charge in [0.1, 0.15) is 18.0 Å². The molecule has 9 heteroatoms. The zero-order valence-corrected chi connectivity index (χ0v) is 18.6. The zero-order chi connectivity index (χ0) is 24.2. The van der Waals surface area contributed by atoms with Crippen LogP contribution < -0.4 is 19.7 Å². The highest BCUT2D eigenvalue weighted by Gasteiger charge is 2.36. The molecule has 0 aromatic heterocycles. The minimum atomic E-state index is -0.842. The highest BCUT2D eigenvalue weighted by Crippen LogP contribution is 2.38. The van der Waals surface area contributed by atoms with Crippen molar-refractivity contribution in [2.24, 2.45) is 0 Å². The Morgan fingerprint density at radius 2 is 1.74 bits per heavy atom. The van der Waals surface area contributed by atoms with Gasteiger partial charge < -0.3 is 9.47 Å². The number of barbiturate groups is 1. The van der Waals surface area contributed by atoms with Crippen molar-refractivity contribution in [3.63, 3.8) is 0 Å². The molecule has 0 unspecified atom stereocenters. The van der Waals surface area contributed by atoms with Gasteiger partial charge in [0.15, 0.2) is 11.5 Å². The number of ether oxygens (including phenoxy) is 2. The predicted molar refractivity (Wildman–Crippen MR) is 124 cm³/mol. The van der Waals surface area contributed by atoms with E-state index in [2.05, 4.69) is 5.32 Å². The number of anilines is 1. The standard InChI is InChI=1S/C25H18ClFN2O5/c1-33-21-13-15(12-19(26)22(21)34-14-16-7-5-6-10-20(16)27)11-18-23(30)28-25(32)29(24(18)31)17-8-3-2-4-9-17/h2-13H,14H2,1H3,(H,28,30,32)/b18-11+. The van der Waals surface area contributed by atoms with Gasteiger partial charge in [-0.15, -0.1) is 0 Å². The Kier molecular flexibility index (Phi) is 6.60. The molecule has 1 aliphatic rings. The van der Waals surface area contributed by atoms with Crippen LogP contribution in [0.15, 0.2) is 72.3 Å². The second-order valence-corrected chi connectivity index (χ2v) is 7.61. The minimum Gasteiger partial charge on any atom is -0.493 e. The van der Waals surface area contributed by atoms with Gasteiger partial charge in [-0.2, -0.15) is 0 Å². The Bertz CT molecular complexity index is 1310. The van der Waals surface area contributed by atoms with E-state index in [-0.39, 0.29) is 28.7 Å². The molecular formula is C25H18ClFN2O5. The molecule has 3 aromatic carbocycles. The molecule has 0 atom stereocenters. The fourth-order valence-corrected chi connectivity index (χ4v) is 3.64. The zero-order valence-electron chi connectivity index (χ0n) is 17.9. The summed E-state index contributed by atoms with van der Waals surface area (Å²) in [5, 5.41) is 2.29. The largest absolute Gasteiger partial charge is 0.493 e. The van der Waals surface area contributed by atoms with E-state index >= 15 is 0 Å². The quantitative estimate of drug-likeness (QED) is 0.407. The van der Waals surface area contributed by atoms with Crippen molar-refractivity contribution >= 4 is 41.2 Å². The number of nitrogens with zero attached hydrogens (tertiary/aromatic N) is 1. The van der Waals surface area contributed by atoms with Crippen molar-refractivity contribution < 1.29 is 28.2 Å². The summed E-state index contributed by atoms with van der Waals surface area (Å²) in [6, 6.07) is 16.5. The maximum absolute atomic E-state index is 13.9. The first kappa shape index (κ1) is 23.0. The summed E-state index contributed by atoms with van der Waals surface area (Å²) in [6.45, 7) is -0.0851. The lowest BCUT2D eigenvalue weighted by Gasteiger charge is -2.26. The van der Waals surface area contributed by atoms with Gasteiger partial charge in [-0.05, 0) is 42.0 Å². The van der Waals surface area contributed by atoms with Crippen LogP contribution in [0.4, 0.5) is 14.9 Å². The normalized spacial score (nSPS) is 14.9. The average molecular weight is 481 g/mol. The average Bonchev–Trinajstić information content (AvgIpc) is 2.82. The van der Waals surface area contributed by atoms with Crippen molar-refractivity contribution in [1.82, 2.24) is 5.32 Å². The third kappa shape index (κ3) is 4.62. The van der Waals surface area contributed by atoms with Gasteiger partial charge in [0.05, 0.1) is 17.8 Å². The number of halogens is 2. The van der Waals surface area contributed by atoms with Crippen LogP contribution in [0.1, 0.15) is 11.1 Å². The number of carbonyl (C=O) groups excluding carboxylic acids is 3. The molecular weight excluding hydrogens is 463 g/mol. The molecule has 1 fully saturated rings. The number of methoxy groups -OCH3 is 1. The lowest BCUT2D eigenvalue weighted by molar-refractivity contribution is -0.122. The summed E-state index contributed by atoms with van der Waals surface area (Å²) in [5.41, 5.74) is 0.750. The third-order valence-corrected chi connectivity index (χ3v) is 5.29. The van der Waals surface area contributed by atoms with Gasteiger partial charge in [0.2, 0.25) is 0 Å². The summed E-state index contributed by atoms with van der Waals surface area (Å²) in [7, 11) is 1.40. The predicted octanol–water partition coefficient (Wildman–Crippen LogP) is 4.73. The van der Waals surface area contributed by atoms with E-state index in [0.29, 0.717) is 16.8 Å². The fourth-order valence-electron chi connectivity index (χ4n) is 3.36. The van der Waals surface area contributed by atoms with E-state index < -0.39 is 23.7 Å². The molecule has 0 aliphatic carbocycles. The SMILES string of the molecule is COc1cc(/C=C2\C(=O)NC(=O)N(c3ccccc3)C2=O)cc(Cl)c1OCc1ccccc1F. The number of imide groups is 2. The number of hydrogen-bond acceptors (Lipinski definition) is 5. The van der Waals surface area contributed by atoms with Crippen molar-refractivity contribution in [2.45, 2.75) is 6.61 Å². The third-order valence-electron chi connectivity index (χ3n) is 5.01. The van der Waals surface area contributed by atoms with E-state index in [1.165, 1.54) is 31.4 Å². The first-order chi connectivity index (χ1) is 16.4. The first-order valence-electron chi connectivity index (χ1n) is 10.1. The molecule has 1 aliphatic heterocycles. The number of nitrogens with one attached hydrogen (secondary N) is 1. The number of hydrogen-bond donors (Lipinski definition) is 1. The summed E-state index contributed by atoms with van der Waals surface area (Å²) in [6.07, 6.45) is 1.30. The van der Waals surface area contributed by atoms with Gasteiger partial charge in [-0.25, -0.2) is 14.1 Å². The highest BCUT2D eigenvalue weighted by molar-refractivity contribution is 6.39. The molecule has 7 nitrogen and oxygen atoms in total. The molecule has 4 amide bonds. The van der Waals surface area contributed by atoms with E-state index in [9.17, 15) is 18.8 Å². The summed E-state index contributed by atoms with van der Waals surface area (Å²) in [4.78, 5) is 38.6. The lowest BCUT2D eigenvalue weighted by atomic mass is 10.1. The number of amides is 4. The van der Waals surface area contributed by atoms with Crippen molar-refractivity contribution in [3.05, 3.63) is 94.3 Å². The van der Waals surface area contributed by atoms with Crippen molar-refractivity contribution in [2.75, 3.05) is 12.0 Å². The second kappa shape index (κ2) is 9.76. The van der Waals surface area contributed by atoms with E-state index in [0.717, 1.165) is 4.90 Å². The van der Waals surface area contributed by atoms with Crippen LogP contribution >= 0.6 is 11.6 Å². The number of para-hydroxylation sites is 1. The topological polar surface area (TPSA) is 84.9 Å². The van der Waals surface area contributed by atoms with Crippen LogP contribution in [0.3, 0.4) is 0 Å². The van der Waals surface area contributed by atoms with E-state index in [1.54, 1.807) is 48.5 Å². The molecule has 1 heterocycles. The summed E-state index contributed by atoms with van der Waals surface area (Å²) >= 11 is 6.38. The Morgan fingerprint density at radius 1 is 1.03 bits per heavy atom. The van der Waals surface area contributed by atoms with E-state index in [4.69, 9.17) is 21.1 Å². The monoisotopic (exact) mass is 480 g/mol. The number of benzene rings is 3. The highest BCUT2D eigenvalue weighted by atomic mass is 35.5. The fraction of sp³-hybridized carbons (Fsp3) is 0.0800. The van der Waals surface area contributed by atoms with Crippen LogP contribution in [0.2, 0.25) is 5.02 Å². The van der Waals surface area contributed by atoms with Gasteiger partial charge in [0, 0.05) is 5.56 Å². The molecule has 0 spiro atoms. The molecule has 3 aromatic rings. The molecule has 1 N–H and O–H groups in total. The second-order valence-electron chi connectivity index (χ2n) is 7.21. The van der Waals surface area contributed by atoms with Gasteiger partial charge in [-0.1, -0.05) is 48.0 Å². The summed E-state index contributed by atoms with van der Waals surface area (Å²) in [5.74, 6) is -1.64. The molecule has 1 saturated heterocycles. The lowest BCUT2D eigenvalue weighted by Crippen LogP contribution is -2.54. The Balaban J connectivity index is 1.65. The van der Waals surface area contributed by atoms with Gasteiger partial charge in [0.25, 0.3) is 11.8 Å². The molecule has 172 valence electrons. The Morgan fingerprint density at radius 3 is 2.44 bits per heavy atom. The van der Waals surface area contributed by atoms with Crippen molar-refractivity contribution in [1.29, 1.82) is 0 Å².